The van der Waals surface area contributed by atoms with Crippen LogP contribution >= 0.6 is 0 Å². The number of rotatable bonds is 4. The Bertz CT molecular complexity index is 440. The first-order valence-electron chi connectivity index (χ1n) is 6.84. The van der Waals surface area contributed by atoms with Gasteiger partial charge in [-0.15, -0.1) is 0 Å². The molecule has 1 unspecified atom stereocenters. The second-order valence-electron chi connectivity index (χ2n) is 5.74. The van der Waals surface area contributed by atoms with Crippen LogP contribution in [0.25, 0.3) is 0 Å². The van der Waals surface area contributed by atoms with Crippen molar-refractivity contribution in [2.45, 2.75) is 38.3 Å². The Kier molecular flexibility index (Phi) is 4.21. The van der Waals surface area contributed by atoms with Crippen LogP contribution in [0.15, 0.2) is 18.2 Å². The molecule has 1 N–H and O–H groups in total. The molecule has 1 atom stereocenters. The van der Waals surface area contributed by atoms with E-state index in [1.54, 1.807) is 7.05 Å². The van der Waals surface area contributed by atoms with Crippen molar-refractivity contribution in [1.29, 1.82) is 0 Å². The van der Waals surface area contributed by atoms with Crippen LogP contribution in [-0.2, 0) is 0 Å². The van der Waals surface area contributed by atoms with Gasteiger partial charge in [0.2, 0.25) is 0 Å². The van der Waals surface area contributed by atoms with Gasteiger partial charge in [0, 0.05) is 11.1 Å². The highest BCUT2D eigenvalue weighted by atomic mass is 19.1. The number of benzene rings is 1. The Morgan fingerprint density at radius 2 is 1.84 bits per heavy atom. The lowest BCUT2D eigenvalue weighted by Crippen LogP contribution is -2.51. The van der Waals surface area contributed by atoms with E-state index in [2.05, 4.69) is 24.1 Å². The van der Waals surface area contributed by atoms with E-state index in [-0.39, 0.29) is 17.4 Å². The van der Waals surface area contributed by atoms with Crippen LogP contribution in [-0.4, -0.2) is 30.6 Å². The molecule has 1 aromatic carbocycles. The minimum atomic E-state index is -0.395. The molecule has 2 rings (SSSR count). The van der Waals surface area contributed by atoms with E-state index in [0.29, 0.717) is 5.56 Å². The lowest BCUT2D eigenvalue weighted by atomic mass is 9.86. The molecule has 19 heavy (non-hydrogen) atoms. The fourth-order valence-corrected chi connectivity index (χ4v) is 3.10. The average Bonchev–Trinajstić information content (AvgIpc) is 2.88. The summed E-state index contributed by atoms with van der Waals surface area (Å²) in [5, 5.41) is 3.16. The quantitative estimate of drug-likeness (QED) is 0.902. The summed E-state index contributed by atoms with van der Waals surface area (Å²) in [6, 6.07) is 3.43. The Balaban J connectivity index is 2.35. The van der Waals surface area contributed by atoms with Crippen LogP contribution in [0.5, 0.6) is 0 Å². The van der Waals surface area contributed by atoms with Gasteiger partial charge in [-0.25, -0.2) is 8.78 Å². The van der Waals surface area contributed by atoms with Crippen molar-refractivity contribution in [3.05, 3.63) is 35.4 Å². The van der Waals surface area contributed by atoms with Gasteiger partial charge in [0.1, 0.15) is 11.6 Å². The highest BCUT2D eigenvalue weighted by molar-refractivity contribution is 5.25. The molecule has 0 spiro atoms. The molecule has 0 aliphatic carbocycles. The van der Waals surface area contributed by atoms with Gasteiger partial charge < -0.3 is 5.32 Å². The maximum atomic E-state index is 14.0. The van der Waals surface area contributed by atoms with Crippen molar-refractivity contribution in [1.82, 2.24) is 10.2 Å². The number of nitrogens with zero attached hydrogens (tertiary/aromatic N) is 1. The standard InChI is InChI=1S/C15H22F2N2/c1-15(2,19-8-4-5-9-19)14(18-3)12-10-11(16)6-7-13(12)17/h6-7,10,14,18H,4-5,8-9H2,1-3H3. The van der Waals surface area contributed by atoms with E-state index < -0.39 is 5.82 Å². The lowest BCUT2D eigenvalue weighted by Gasteiger charge is -2.42. The lowest BCUT2D eigenvalue weighted by molar-refractivity contribution is 0.108. The molecule has 0 bridgehead atoms. The van der Waals surface area contributed by atoms with E-state index >= 15 is 0 Å². The largest absolute Gasteiger partial charge is 0.311 e. The van der Waals surface area contributed by atoms with Gasteiger partial charge in [0.15, 0.2) is 0 Å². The van der Waals surface area contributed by atoms with E-state index in [4.69, 9.17) is 0 Å². The van der Waals surface area contributed by atoms with E-state index in [0.717, 1.165) is 19.2 Å². The summed E-state index contributed by atoms with van der Waals surface area (Å²) in [5.74, 6) is -0.748. The molecule has 1 fully saturated rings. The summed E-state index contributed by atoms with van der Waals surface area (Å²) in [6.07, 6.45) is 2.34. The molecular formula is C15H22F2N2. The van der Waals surface area contributed by atoms with Crippen molar-refractivity contribution in [2.75, 3.05) is 20.1 Å². The minimum absolute atomic E-state index is 0.235. The molecule has 106 valence electrons. The Morgan fingerprint density at radius 1 is 1.21 bits per heavy atom. The van der Waals surface area contributed by atoms with Gasteiger partial charge in [-0.3, -0.25) is 4.90 Å². The molecule has 1 saturated heterocycles. The molecular weight excluding hydrogens is 246 g/mol. The van der Waals surface area contributed by atoms with Gasteiger partial charge in [-0.1, -0.05) is 0 Å². The third kappa shape index (κ3) is 2.79. The number of nitrogens with one attached hydrogen (secondary N) is 1. The van der Waals surface area contributed by atoms with Crippen molar-refractivity contribution in [2.24, 2.45) is 0 Å². The van der Waals surface area contributed by atoms with Crippen molar-refractivity contribution in [3.63, 3.8) is 0 Å². The van der Waals surface area contributed by atoms with Crippen molar-refractivity contribution < 1.29 is 8.78 Å². The monoisotopic (exact) mass is 268 g/mol. The molecule has 2 nitrogen and oxygen atoms in total. The Hall–Kier alpha value is -1.00. The van der Waals surface area contributed by atoms with Gasteiger partial charge in [-0.05, 0) is 65.0 Å². The minimum Gasteiger partial charge on any atom is -0.311 e. The molecule has 0 radical (unpaired) electrons. The Morgan fingerprint density at radius 3 is 2.42 bits per heavy atom. The predicted molar refractivity (Wildman–Crippen MR) is 73.0 cm³/mol. The van der Waals surface area contributed by atoms with Crippen LogP contribution in [0.3, 0.4) is 0 Å². The van der Waals surface area contributed by atoms with Crippen LogP contribution in [0, 0.1) is 11.6 Å². The van der Waals surface area contributed by atoms with Crippen LogP contribution < -0.4 is 5.32 Å². The maximum Gasteiger partial charge on any atom is 0.128 e. The summed E-state index contributed by atoms with van der Waals surface area (Å²) in [4.78, 5) is 2.35. The third-order valence-corrected chi connectivity index (χ3v) is 4.19. The van der Waals surface area contributed by atoms with E-state index in [1.165, 1.54) is 25.0 Å². The first-order chi connectivity index (χ1) is 8.96. The highest BCUT2D eigenvalue weighted by Gasteiger charge is 2.38. The summed E-state index contributed by atoms with van der Waals surface area (Å²) in [6.45, 7) is 6.21. The molecule has 1 aliphatic rings. The average molecular weight is 268 g/mol. The van der Waals surface area contributed by atoms with E-state index in [1.807, 2.05) is 0 Å². The Labute approximate surface area is 113 Å². The number of likely N-dealkylation sites (tertiary alicyclic amines) is 1. The predicted octanol–water partition coefficient (Wildman–Crippen LogP) is 3.10. The topological polar surface area (TPSA) is 15.3 Å². The van der Waals surface area contributed by atoms with Crippen molar-refractivity contribution in [3.8, 4) is 0 Å². The highest BCUT2D eigenvalue weighted by Crippen LogP contribution is 2.34. The molecule has 0 amide bonds. The number of halogens is 2. The maximum absolute atomic E-state index is 14.0. The van der Waals surface area contributed by atoms with Gasteiger partial charge in [-0.2, -0.15) is 0 Å². The molecule has 0 saturated carbocycles. The third-order valence-electron chi connectivity index (χ3n) is 4.19. The van der Waals surface area contributed by atoms with Crippen LogP contribution in [0.4, 0.5) is 8.78 Å². The molecule has 1 heterocycles. The fourth-order valence-electron chi connectivity index (χ4n) is 3.10. The molecule has 4 heteroatoms. The summed E-state index contributed by atoms with van der Waals surface area (Å²) in [5.41, 5.74) is 0.152. The smallest absolute Gasteiger partial charge is 0.128 e. The van der Waals surface area contributed by atoms with Gasteiger partial charge in [0.25, 0.3) is 0 Å². The number of hydrogen-bond acceptors (Lipinski definition) is 2. The fraction of sp³-hybridized carbons (Fsp3) is 0.600. The molecule has 0 aromatic heterocycles. The SMILES string of the molecule is CNC(c1cc(F)ccc1F)C(C)(C)N1CCCC1. The zero-order valence-electron chi connectivity index (χ0n) is 11.8. The van der Waals surface area contributed by atoms with Gasteiger partial charge >= 0.3 is 0 Å². The summed E-state index contributed by atoms with van der Waals surface area (Å²) < 4.78 is 27.4. The van der Waals surface area contributed by atoms with E-state index in [9.17, 15) is 8.78 Å². The zero-order valence-corrected chi connectivity index (χ0v) is 11.8. The zero-order chi connectivity index (χ0) is 14.0. The first kappa shape index (κ1) is 14.4. The van der Waals surface area contributed by atoms with Gasteiger partial charge in [0.05, 0.1) is 6.04 Å². The molecule has 1 aromatic rings. The van der Waals surface area contributed by atoms with Crippen LogP contribution in [0.1, 0.15) is 38.3 Å². The van der Waals surface area contributed by atoms with Crippen LogP contribution in [0.2, 0.25) is 0 Å². The normalized spacial score (nSPS) is 18.8. The number of hydrogen-bond donors (Lipinski definition) is 1. The number of likely N-dealkylation sites (N-methyl/N-ethyl adjacent to an activating group) is 1. The summed E-state index contributed by atoms with van der Waals surface area (Å²) in [7, 11) is 1.80. The van der Waals surface area contributed by atoms with Crippen molar-refractivity contribution >= 4 is 0 Å². The second-order valence-corrected chi connectivity index (χ2v) is 5.74. The summed E-state index contributed by atoms with van der Waals surface area (Å²) >= 11 is 0. The first-order valence-corrected chi connectivity index (χ1v) is 6.84. The molecule has 1 aliphatic heterocycles. The second kappa shape index (κ2) is 5.55.